The van der Waals surface area contributed by atoms with Crippen molar-refractivity contribution in [3.8, 4) is 22.3 Å². The van der Waals surface area contributed by atoms with Crippen molar-refractivity contribution >= 4 is 47.7 Å². The van der Waals surface area contributed by atoms with Crippen LogP contribution in [0.4, 0.5) is 0 Å². The fourth-order valence-electron chi connectivity index (χ4n) is 7.15. The van der Waals surface area contributed by atoms with E-state index < -0.39 is 11.9 Å². The van der Waals surface area contributed by atoms with Gasteiger partial charge in [0.25, 0.3) is 11.8 Å². The highest BCUT2D eigenvalue weighted by Crippen LogP contribution is 2.34. The maximum Gasteiger partial charge on any atom is 0.337 e. The fourth-order valence-corrected chi connectivity index (χ4v) is 7.15. The van der Waals surface area contributed by atoms with Gasteiger partial charge in [-0.25, -0.2) is 14.6 Å². The van der Waals surface area contributed by atoms with Gasteiger partial charge < -0.3 is 24.8 Å². The topological polar surface area (TPSA) is 143 Å². The van der Waals surface area contributed by atoms with Gasteiger partial charge in [0.05, 0.1) is 31.1 Å². The summed E-state index contributed by atoms with van der Waals surface area (Å²) in [5.74, 6) is -1.27. The van der Waals surface area contributed by atoms with Crippen molar-refractivity contribution in [3.05, 3.63) is 121 Å². The first-order valence-electron chi connectivity index (χ1n) is 17.5. The summed E-state index contributed by atoms with van der Waals surface area (Å²) in [6.45, 7) is 11.6. The summed E-state index contributed by atoms with van der Waals surface area (Å²) in [6.07, 6.45) is 7.18. The van der Waals surface area contributed by atoms with Crippen LogP contribution < -0.4 is 16.0 Å². The minimum atomic E-state index is -0.454. The molecule has 0 saturated carbocycles. The fraction of sp³-hybridized carbons (Fsp3) is 0.233. The van der Waals surface area contributed by atoms with E-state index in [9.17, 15) is 19.2 Å². The summed E-state index contributed by atoms with van der Waals surface area (Å²) in [5, 5.41) is 4.49. The van der Waals surface area contributed by atoms with Crippen molar-refractivity contribution < 1.29 is 28.7 Å². The van der Waals surface area contributed by atoms with E-state index in [0.717, 1.165) is 72.3 Å². The Kier molecular flexibility index (Phi) is 10.2. The molecule has 0 spiro atoms. The third kappa shape index (κ3) is 6.75. The second kappa shape index (κ2) is 14.7. The number of methoxy groups -OCH3 is 2. The number of nitrogens with zero attached hydrogens (tertiary/aromatic N) is 1. The minimum Gasteiger partial charge on any atom is -0.465 e. The van der Waals surface area contributed by atoms with E-state index in [1.54, 1.807) is 31.2 Å². The van der Waals surface area contributed by atoms with Gasteiger partial charge in [0.15, 0.2) is 0 Å². The molecule has 2 aliphatic heterocycles. The number of allylic oxidation sites excluding steroid dienone is 2. The Morgan fingerprint density at radius 2 is 1.30 bits per heavy atom. The van der Waals surface area contributed by atoms with Gasteiger partial charge in [-0.3, -0.25) is 9.59 Å². The van der Waals surface area contributed by atoms with Gasteiger partial charge in [-0.2, -0.15) is 0 Å². The van der Waals surface area contributed by atoms with Gasteiger partial charge in [0.2, 0.25) is 0 Å². The van der Waals surface area contributed by atoms with Crippen LogP contribution in [0.15, 0.2) is 81.5 Å². The molecule has 0 fully saturated rings. The molecule has 3 N–H and O–H groups in total. The molecule has 2 aliphatic rings. The highest BCUT2D eigenvalue weighted by atomic mass is 16.5. The zero-order chi connectivity index (χ0) is 38.1. The summed E-state index contributed by atoms with van der Waals surface area (Å²) < 4.78 is 10.1. The molecule has 0 radical (unpaired) electrons. The number of aromatic amines is 2. The van der Waals surface area contributed by atoms with Crippen LogP contribution in [-0.2, 0) is 19.1 Å². The predicted octanol–water partition coefficient (Wildman–Crippen LogP) is 6.38. The molecule has 0 aliphatic carbocycles. The number of hydrogen-bond donors (Lipinski definition) is 3. The molecule has 4 heterocycles. The van der Waals surface area contributed by atoms with Crippen molar-refractivity contribution in [1.82, 2.24) is 15.3 Å². The average Bonchev–Trinajstić information content (AvgIpc) is 3.82. The number of hydrogen-bond acceptors (Lipinski definition) is 6. The van der Waals surface area contributed by atoms with Gasteiger partial charge in [0.1, 0.15) is 0 Å². The Hall–Kier alpha value is -6.29. The Bertz CT molecular complexity index is 2480. The zero-order valence-corrected chi connectivity index (χ0v) is 31.2. The van der Waals surface area contributed by atoms with Crippen LogP contribution >= 0.6 is 0 Å². The van der Waals surface area contributed by atoms with Gasteiger partial charge in [-0.05, 0) is 116 Å². The molecule has 53 heavy (non-hydrogen) atoms. The summed E-state index contributed by atoms with van der Waals surface area (Å²) in [7, 11) is 2.70. The molecule has 2 aromatic heterocycles. The molecule has 0 bridgehead atoms. The standard InChI is InChI=1S/C43H42N4O6/c1-9-30-22(3)40(48)46-34(30)19-32-24(5)38(26-13-11-15-28(17-26)42(50)52-7)36(44-32)21-37-39(27-14-12-16-29(18-27)43(51)53-8)25(6)33(45-37)20-35-31(10-2)23(4)41(49)47-35/h11-21,44-45H,9-10H2,1-8H3,(H,46,48)/b33-20-,34-19-,37-21-. The van der Waals surface area contributed by atoms with E-state index >= 15 is 0 Å². The lowest BCUT2D eigenvalue weighted by molar-refractivity contribution is -0.116. The number of nitrogens with one attached hydrogen (secondary N) is 3. The number of ether oxygens (including phenoxy) is 2. The van der Waals surface area contributed by atoms with Crippen molar-refractivity contribution in [3.63, 3.8) is 0 Å². The number of amides is 2. The molecule has 0 atom stereocenters. The van der Waals surface area contributed by atoms with Crippen molar-refractivity contribution in [2.75, 3.05) is 14.2 Å². The molecule has 10 heteroatoms. The first kappa shape index (κ1) is 36.5. The number of rotatable bonds is 9. The van der Waals surface area contributed by atoms with Crippen molar-refractivity contribution in [2.45, 2.75) is 54.4 Å². The van der Waals surface area contributed by atoms with E-state index in [1.807, 2.05) is 77.1 Å². The van der Waals surface area contributed by atoms with E-state index in [2.05, 4.69) is 20.3 Å². The third-order valence-electron chi connectivity index (χ3n) is 10.0. The number of H-pyrrole nitrogens is 2. The quantitative estimate of drug-likeness (QED) is 0.172. The van der Waals surface area contributed by atoms with E-state index in [4.69, 9.17) is 9.47 Å². The van der Waals surface area contributed by atoms with Gasteiger partial charge in [-0.15, -0.1) is 0 Å². The van der Waals surface area contributed by atoms with Gasteiger partial charge in [-0.1, -0.05) is 38.1 Å². The number of aromatic nitrogens is 2. The second-order valence-corrected chi connectivity index (χ2v) is 13.1. The minimum absolute atomic E-state index is 0.121. The summed E-state index contributed by atoms with van der Waals surface area (Å²) >= 11 is 0. The molecule has 4 aromatic rings. The maximum absolute atomic E-state index is 12.6. The molecule has 6 rings (SSSR count). The number of aliphatic imine (C=N–C) groups is 1. The molecule has 2 amide bonds. The third-order valence-corrected chi connectivity index (χ3v) is 10.0. The number of carbonyl (C=O) groups excluding carboxylic acids is 4. The Morgan fingerprint density at radius 3 is 1.89 bits per heavy atom. The maximum atomic E-state index is 12.6. The summed E-state index contributed by atoms with van der Waals surface area (Å²) in [6, 6.07) is 14.5. The Morgan fingerprint density at radius 1 is 0.698 bits per heavy atom. The number of benzene rings is 2. The predicted molar refractivity (Wildman–Crippen MR) is 206 cm³/mol. The number of carbonyl (C=O) groups is 4. The first-order valence-corrected chi connectivity index (χ1v) is 17.5. The molecule has 2 aromatic carbocycles. The Balaban J connectivity index is 1.66. The lowest BCUT2D eigenvalue weighted by Gasteiger charge is -2.07. The summed E-state index contributed by atoms with van der Waals surface area (Å²) in [4.78, 5) is 62.0. The van der Waals surface area contributed by atoms with E-state index in [-0.39, 0.29) is 11.8 Å². The van der Waals surface area contributed by atoms with Crippen LogP contribution in [0.5, 0.6) is 0 Å². The molecular weight excluding hydrogens is 668 g/mol. The monoisotopic (exact) mass is 710 g/mol. The molecule has 10 nitrogen and oxygen atoms in total. The van der Waals surface area contributed by atoms with Gasteiger partial charge >= 0.3 is 11.9 Å². The first-order chi connectivity index (χ1) is 25.4. The molecule has 0 saturated heterocycles. The lowest BCUT2D eigenvalue weighted by atomic mass is 9.97. The normalized spacial score (nSPS) is 15.9. The molecule has 0 unspecified atom stereocenters. The highest BCUT2D eigenvalue weighted by molar-refractivity contribution is 6.30. The number of esters is 2. The largest absolute Gasteiger partial charge is 0.465 e. The van der Waals surface area contributed by atoms with Crippen LogP contribution in [0, 0.1) is 13.8 Å². The van der Waals surface area contributed by atoms with Crippen LogP contribution in [0.25, 0.3) is 40.5 Å². The van der Waals surface area contributed by atoms with Gasteiger partial charge in [0, 0.05) is 50.1 Å². The lowest BCUT2D eigenvalue weighted by Crippen LogP contribution is -2.15. The molecular formula is C43H42N4O6. The van der Waals surface area contributed by atoms with Crippen LogP contribution in [0.3, 0.4) is 0 Å². The Labute approximate surface area is 307 Å². The highest BCUT2D eigenvalue weighted by Gasteiger charge is 2.25. The van der Waals surface area contributed by atoms with E-state index in [1.165, 1.54) is 14.2 Å². The van der Waals surface area contributed by atoms with Crippen LogP contribution in [-0.4, -0.2) is 53.7 Å². The van der Waals surface area contributed by atoms with Crippen LogP contribution in [0.2, 0.25) is 0 Å². The van der Waals surface area contributed by atoms with Crippen molar-refractivity contribution in [2.24, 2.45) is 4.99 Å². The smallest absolute Gasteiger partial charge is 0.337 e. The SMILES string of the molecule is CCC1=C(C)C(=O)N=C1/C=c1\[nH]/c(=C\c2[nH]c(/C=C3\NC(=O)C(C)=C3CC)c(C)c2-c2cccc(C(=O)OC)c2)c(-c2cccc(C(=O)OC)c2)c1C. The van der Waals surface area contributed by atoms with Crippen molar-refractivity contribution in [1.29, 1.82) is 0 Å². The average molecular weight is 711 g/mol. The van der Waals surface area contributed by atoms with Crippen LogP contribution in [0.1, 0.15) is 83.8 Å². The summed E-state index contributed by atoms with van der Waals surface area (Å²) in [5.41, 5.74) is 11.8. The molecule has 270 valence electrons. The zero-order valence-electron chi connectivity index (χ0n) is 31.2. The second-order valence-electron chi connectivity index (χ2n) is 13.1. The van der Waals surface area contributed by atoms with E-state index in [0.29, 0.717) is 40.8 Å².